The normalized spacial score (nSPS) is 23.9. The maximum atomic E-state index is 14.3. The molecule has 2 fully saturated rings. The number of aromatic nitrogens is 2. The number of hydrogen-bond donors (Lipinski definition) is 1. The lowest BCUT2D eigenvalue weighted by Gasteiger charge is -2.50. The molecule has 10 nitrogen and oxygen atoms in total. The molecule has 3 aliphatic rings. The summed E-state index contributed by atoms with van der Waals surface area (Å²) >= 11 is 0. The molecular formula is C33H41N5O5S. The first-order chi connectivity index (χ1) is 21.1. The number of carbonyl (C=O) groups excluding carboxylic acids is 1. The van der Waals surface area contributed by atoms with Crippen molar-refractivity contribution >= 4 is 21.9 Å². The highest BCUT2D eigenvalue weighted by molar-refractivity contribution is 7.92. The van der Waals surface area contributed by atoms with Crippen LogP contribution in [-0.4, -0.2) is 85.1 Å². The van der Waals surface area contributed by atoms with Crippen molar-refractivity contribution in [2.75, 3.05) is 37.6 Å². The molecule has 1 saturated heterocycles. The first-order valence-corrected chi connectivity index (χ1v) is 16.9. The lowest BCUT2D eigenvalue weighted by Crippen LogP contribution is -2.60. The van der Waals surface area contributed by atoms with E-state index in [4.69, 9.17) is 9.47 Å². The van der Waals surface area contributed by atoms with Crippen LogP contribution >= 0.6 is 0 Å². The lowest BCUT2D eigenvalue weighted by atomic mass is 9.82. The minimum Gasteiger partial charge on any atom is -0.475 e. The molecule has 1 atom stereocenters. The molecule has 1 saturated carbocycles. The smallest absolute Gasteiger partial charge is 0.264 e. The predicted molar refractivity (Wildman–Crippen MR) is 168 cm³/mol. The SMILES string of the molecule is Cc1cccc(C)c1-c1cc2nc(n1)NS(=O)(=O)c1cccc(c1)C(=O)N(C1CC(N3CCOCC3)C1)[C@H](CC(C)C)CO2. The van der Waals surface area contributed by atoms with Gasteiger partial charge >= 0.3 is 0 Å². The molecule has 3 heterocycles. The van der Waals surface area contributed by atoms with Gasteiger partial charge in [-0.3, -0.25) is 9.69 Å². The third-order valence-corrected chi connectivity index (χ3v) is 10.2. The van der Waals surface area contributed by atoms with E-state index in [0.29, 0.717) is 23.2 Å². The molecule has 11 heteroatoms. The maximum Gasteiger partial charge on any atom is 0.264 e. The van der Waals surface area contributed by atoms with E-state index in [1.165, 1.54) is 12.1 Å². The topological polar surface area (TPSA) is 114 Å². The van der Waals surface area contributed by atoms with Crippen LogP contribution in [0, 0.1) is 19.8 Å². The molecule has 2 aliphatic heterocycles. The van der Waals surface area contributed by atoms with Gasteiger partial charge in [0.05, 0.1) is 29.8 Å². The van der Waals surface area contributed by atoms with Crippen LogP contribution in [0.4, 0.5) is 5.95 Å². The van der Waals surface area contributed by atoms with Gasteiger partial charge in [0, 0.05) is 42.4 Å². The Bertz CT molecular complexity index is 1610. The second-order valence-corrected chi connectivity index (χ2v) is 14.2. The number of amides is 1. The van der Waals surface area contributed by atoms with Crippen molar-refractivity contribution in [3.8, 4) is 17.1 Å². The van der Waals surface area contributed by atoms with Gasteiger partial charge in [-0.05, 0) is 68.4 Å². The molecule has 1 aliphatic carbocycles. The molecule has 0 spiro atoms. The van der Waals surface area contributed by atoms with Gasteiger partial charge < -0.3 is 14.4 Å². The molecule has 234 valence electrons. The van der Waals surface area contributed by atoms with Gasteiger partial charge in [-0.15, -0.1) is 0 Å². The summed E-state index contributed by atoms with van der Waals surface area (Å²) in [6.45, 7) is 11.7. The highest BCUT2D eigenvalue weighted by Crippen LogP contribution is 2.35. The minimum atomic E-state index is -4.11. The Balaban J connectivity index is 1.42. The summed E-state index contributed by atoms with van der Waals surface area (Å²) < 4.78 is 41.7. The molecule has 6 rings (SSSR count). The van der Waals surface area contributed by atoms with Crippen molar-refractivity contribution < 1.29 is 22.7 Å². The highest BCUT2D eigenvalue weighted by atomic mass is 32.2. The first kappa shape index (κ1) is 30.5. The van der Waals surface area contributed by atoms with Gasteiger partial charge in [0.1, 0.15) is 6.61 Å². The third kappa shape index (κ3) is 6.31. The van der Waals surface area contributed by atoms with E-state index in [9.17, 15) is 13.2 Å². The number of rotatable bonds is 5. The number of sulfonamides is 1. The standard InChI is InChI=1S/C33H41N5O5S/c1-21(2)15-27-20-43-30-19-29(31-22(3)7-5-8-23(31)4)34-33(35-30)36-44(40,41)28-10-6-9-24(16-28)32(39)38(27)26-17-25(18-26)37-11-13-42-14-12-37/h5-10,16,19,21,25-27H,11-15,17-18,20H2,1-4H3,(H,34,35,36)/t25?,26?,27-/m1/s1. The summed E-state index contributed by atoms with van der Waals surface area (Å²) in [6.07, 6.45) is 2.44. The van der Waals surface area contributed by atoms with E-state index in [1.54, 1.807) is 18.2 Å². The number of benzene rings is 2. The fourth-order valence-electron chi connectivity index (χ4n) is 6.66. The van der Waals surface area contributed by atoms with Gasteiger partial charge in [0.25, 0.3) is 15.9 Å². The van der Waals surface area contributed by atoms with Crippen LogP contribution in [0.2, 0.25) is 0 Å². The molecule has 1 aromatic heterocycles. The largest absolute Gasteiger partial charge is 0.475 e. The number of anilines is 1. The second-order valence-electron chi connectivity index (χ2n) is 12.5. The highest BCUT2D eigenvalue weighted by Gasteiger charge is 2.43. The summed E-state index contributed by atoms with van der Waals surface area (Å²) in [5.41, 5.74) is 3.80. The van der Waals surface area contributed by atoms with Crippen molar-refractivity contribution in [3.63, 3.8) is 0 Å². The zero-order chi connectivity index (χ0) is 31.0. The summed E-state index contributed by atoms with van der Waals surface area (Å²) in [7, 11) is -4.11. The van der Waals surface area contributed by atoms with Gasteiger partial charge in [0.2, 0.25) is 11.8 Å². The van der Waals surface area contributed by atoms with Crippen LogP contribution < -0.4 is 9.46 Å². The van der Waals surface area contributed by atoms with E-state index < -0.39 is 10.0 Å². The Morgan fingerprint density at radius 3 is 2.39 bits per heavy atom. The molecule has 4 bridgehead atoms. The number of aryl methyl sites for hydroxylation is 2. The Hall–Kier alpha value is -3.54. The molecule has 1 amide bonds. The number of fused-ring (bicyclic) bond motifs is 4. The zero-order valence-electron chi connectivity index (χ0n) is 25.8. The van der Waals surface area contributed by atoms with E-state index in [2.05, 4.69) is 33.4 Å². The zero-order valence-corrected chi connectivity index (χ0v) is 26.6. The summed E-state index contributed by atoms with van der Waals surface area (Å²) in [6, 6.07) is 14.1. The van der Waals surface area contributed by atoms with Crippen LogP contribution in [0.3, 0.4) is 0 Å². The summed E-state index contributed by atoms with van der Waals surface area (Å²) in [4.78, 5) is 27.8. The Morgan fingerprint density at radius 2 is 1.68 bits per heavy atom. The van der Waals surface area contributed by atoms with Crippen molar-refractivity contribution in [1.29, 1.82) is 0 Å². The maximum absolute atomic E-state index is 14.3. The van der Waals surface area contributed by atoms with E-state index in [1.807, 2.05) is 36.9 Å². The van der Waals surface area contributed by atoms with Gasteiger partial charge in [0.15, 0.2) is 0 Å². The van der Waals surface area contributed by atoms with Crippen molar-refractivity contribution in [2.24, 2.45) is 5.92 Å². The predicted octanol–water partition coefficient (Wildman–Crippen LogP) is 4.67. The third-order valence-electron chi connectivity index (χ3n) is 8.90. The van der Waals surface area contributed by atoms with Gasteiger partial charge in [-0.25, -0.2) is 18.1 Å². The number of ether oxygens (including phenoxy) is 2. The second kappa shape index (κ2) is 12.5. The Labute approximate surface area is 259 Å². The quantitative estimate of drug-likeness (QED) is 0.438. The molecule has 0 radical (unpaired) electrons. The monoisotopic (exact) mass is 619 g/mol. The van der Waals surface area contributed by atoms with Gasteiger partial charge in [-0.1, -0.05) is 38.1 Å². The van der Waals surface area contributed by atoms with Crippen molar-refractivity contribution in [3.05, 3.63) is 65.2 Å². The average molecular weight is 620 g/mol. The van der Waals surface area contributed by atoms with E-state index in [0.717, 1.165) is 62.3 Å². The van der Waals surface area contributed by atoms with Gasteiger partial charge in [-0.2, -0.15) is 4.98 Å². The van der Waals surface area contributed by atoms with Crippen LogP contribution in [0.1, 0.15) is 54.6 Å². The summed E-state index contributed by atoms with van der Waals surface area (Å²) in [5, 5.41) is 0. The average Bonchev–Trinajstić information content (AvgIpc) is 2.96. The van der Waals surface area contributed by atoms with Crippen molar-refractivity contribution in [2.45, 2.75) is 70.0 Å². The number of nitrogens with zero attached hydrogens (tertiary/aromatic N) is 4. The molecule has 1 N–H and O–H groups in total. The Morgan fingerprint density at radius 1 is 0.977 bits per heavy atom. The van der Waals surface area contributed by atoms with Crippen LogP contribution in [0.15, 0.2) is 53.4 Å². The fourth-order valence-corrected chi connectivity index (χ4v) is 7.65. The van der Waals surface area contributed by atoms with E-state index in [-0.39, 0.29) is 41.3 Å². The lowest BCUT2D eigenvalue weighted by molar-refractivity contribution is -0.0382. The first-order valence-electron chi connectivity index (χ1n) is 15.4. The molecule has 0 unspecified atom stereocenters. The van der Waals surface area contributed by atoms with Crippen LogP contribution in [0.5, 0.6) is 5.88 Å². The fraction of sp³-hybridized carbons (Fsp3) is 0.485. The Kier molecular flexibility index (Phi) is 8.63. The van der Waals surface area contributed by atoms with Crippen LogP contribution in [-0.2, 0) is 14.8 Å². The number of hydrogen-bond acceptors (Lipinski definition) is 8. The number of morpholine rings is 1. The van der Waals surface area contributed by atoms with Crippen LogP contribution in [0.25, 0.3) is 11.3 Å². The number of carbonyl (C=O) groups is 1. The molecular weight excluding hydrogens is 578 g/mol. The minimum absolute atomic E-state index is 0.0114. The summed E-state index contributed by atoms with van der Waals surface area (Å²) in [5.74, 6) is 0.280. The molecule has 44 heavy (non-hydrogen) atoms. The number of nitrogens with one attached hydrogen (secondary N) is 1. The molecule has 2 aromatic carbocycles. The van der Waals surface area contributed by atoms with Crippen molar-refractivity contribution in [1.82, 2.24) is 19.8 Å². The molecule has 3 aromatic rings. The van der Waals surface area contributed by atoms with E-state index >= 15 is 0 Å².